The summed E-state index contributed by atoms with van der Waals surface area (Å²) in [7, 11) is 1.88. The molecular formula is C21H22FN7O2. The monoisotopic (exact) mass is 423 g/mol. The van der Waals surface area contributed by atoms with Crippen molar-refractivity contribution < 1.29 is 14.0 Å². The molecule has 0 aromatic carbocycles. The molecule has 1 aliphatic rings. The zero-order valence-electron chi connectivity index (χ0n) is 17.2. The molecule has 1 fully saturated rings. The fraction of sp³-hybridized carbons (Fsp3) is 0.286. The third-order valence-electron chi connectivity index (χ3n) is 4.89. The van der Waals surface area contributed by atoms with Crippen molar-refractivity contribution in [1.82, 2.24) is 24.4 Å². The highest BCUT2D eigenvalue weighted by atomic mass is 19.1. The molecule has 2 amide bonds. The Morgan fingerprint density at radius 1 is 1.26 bits per heavy atom. The number of hydrogen-bond donors (Lipinski definition) is 1. The second-order valence-electron chi connectivity index (χ2n) is 7.45. The number of carbonyl (C=O) groups excluding carboxylic acids is 2. The SMILES string of the molecule is Cc1cccc(CC(=O)Nc2cnc(-n3cnc(N4CCN(C)CC4=O)c3)c(F)c2)n1. The Balaban J connectivity index is 1.45. The van der Waals surface area contributed by atoms with Gasteiger partial charge in [-0.1, -0.05) is 6.07 Å². The molecule has 1 N–H and O–H groups in total. The van der Waals surface area contributed by atoms with E-state index in [0.29, 0.717) is 24.6 Å². The van der Waals surface area contributed by atoms with Crippen LogP contribution in [0.3, 0.4) is 0 Å². The standard InChI is InChI=1S/C21H22FN7O2/c1-14-4-3-5-15(25-14)9-19(30)26-16-8-17(22)21(23-10-16)28-11-18(24-13-28)29-7-6-27(2)12-20(29)31/h3-5,8,10-11,13H,6-7,9,12H2,1-2H3,(H,26,30). The van der Waals surface area contributed by atoms with E-state index in [-0.39, 0.29) is 29.7 Å². The highest BCUT2D eigenvalue weighted by molar-refractivity contribution is 5.94. The van der Waals surface area contributed by atoms with Crippen molar-refractivity contribution in [1.29, 1.82) is 0 Å². The van der Waals surface area contributed by atoms with Crippen LogP contribution >= 0.6 is 0 Å². The molecule has 0 unspecified atom stereocenters. The van der Waals surface area contributed by atoms with Gasteiger partial charge in [-0.15, -0.1) is 0 Å². The van der Waals surface area contributed by atoms with Gasteiger partial charge in [-0.3, -0.25) is 28.9 Å². The van der Waals surface area contributed by atoms with Crippen molar-refractivity contribution in [3.05, 3.63) is 60.2 Å². The lowest BCUT2D eigenvalue weighted by molar-refractivity contribution is -0.121. The molecule has 1 saturated heterocycles. The molecule has 1 aliphatic heterocycles. The Labute approximate surface area is 178 Å². The molecule has 9 nitrogen and oxygen atoms in total. The van der Waals surface area contributed by atoms with E-state index in [2.05, 4.69) is 20.3 Å². The summed E-state index contributed by atoms with van der Waals surface area (Å²) in [6.07, 6.45) is 4.43. The van der Waals surface area contributed by atoms with Crippen molar-refractivity contribution in [2.75, 3.05) is 36.9 Å². The summed E-state index contributed by atoms with van der Waals surface area (Å²) in [6.45, 7) is 3.41. The predicted octanol–water partition coefficient (Wildman–Crippen LogP) is 1.57. The van der Waals surface area contributed by atoms with Gasteiger partial charge < -0.3 is 5.32 Å². The van der Waals surface area contributed by atoms with Gasteiger partial charge in [-0.05, 0) is 26.1 Å². The van der Waals surface area contributed by atoms with Crippen molar-refractivity contribution >= 4 is 23.3 Å². The van der Waals surface area contributed by atoms with E-state index in [0.717, 1.165) is 12.2 Å². The number of aryl methyl sites for hydroxylation is 1. The predicted molar refractivity (Wildman–Crippen MR) is 112 cm³/mol. The number of pyridine rings is 2. The fourth-order valence-electron chi connectivity index (χ4n) is 3.36. The maximum atomic E-state index is 14.7. The first-order chi connectivity index (χ1) is 14.9. The molecule has 0 bridgehead atoms. The molecule has 0 radical (unpaired) electrons. The summed E-state index contributed by atoms with van der Waals surface area (Å²) in [5.41, 5.74) is 1.70. The fourth-order valence-corrected chi connectivity index (χ4v) is 3.36. The molecule has 4 heterocycles. The molecule has 0 aliphatic carbocycles. The number of rotatable bonds is 5. The number of aromatic nitrogens is 4. The number of anilines is 2. The Morgan fingerprint density at radius 3 is 2.84 bits per heavy atom. The number of amides is 2. The van der Waals surface area contributed by atoms with E-state index in [1.807, 2.05) is 31.0 Å². The van der Waals surface area contributed by atoms with Crippen LogP contribution in [0.1, 0.15) is 11.4 Å². The zero-order valence-corrected chi connectivity index (χ0v) is 17.2. The summed E-state index contributed by atoms with van der Waals surface area (Å²) in [4.78, 5) is 40.6. The molecule has 4 rings (SSSR count). The molecular weight excluding hydrogens is 401 g/mol. The van der Waals surface area contributed by atoms with E-state index in [4.69, 9.17) is 0 Å². The number of imidazole rings is 1. The number of nitrogens with zero attached hydrogens (tertiary/aromatic N) is 6. The average molecular weight is 423 g/mol. The van der Waals surface area contributed by atoms with Crippen molar-refractivity contribution in [3.63, 3.8) is 0 Å². The summed E-state index contributed by atoms with van der Waals surface area (Å²) in [6, 6.07) is 6.64. The number of halogens is 1. The highest BCUT2D eigenvalue weighted by Crippen LogP contribution is 2.20. The van der Waals surface area contributed by atoms with Crippen LogP contribution in [-0.2, 0) is 16.0 Å². The van der Waals surface area contributed by atoms with Crippen LogP contribution in [0.5, 0.6) is 0 Å². The molecule has 0 spiro atoms. The quantitative estimate of drug-likeness (QED) is 0.669. The Morgan fingerprint density at radius 2 is 2.10 bits per heavy atom. The van der Waals surface area contributed by atoms with Gasteiger partial charge >= 0.3 is 0 Å². The number of nitrogens with one attached hydrogen (secondary N) is 1. The second-order valence-corrected chi connectivity index (χ2v) is 7.45. The van der Waals surface area contributed by atoms with Gasteiger partial charge in [0.2, 0.25) is 11.8 Å². The van der Waals surface area contributed by atoms with Gasteiger partial charge in [0.25, 0.3) is 0 Å². The van der Waals surface area contributed by atoms with Gasteiger partial charge in [0, 0.05) is 30.5 Å². The van der Waals surface area contributed by atoms with Gasteiger partial charge in [-0.25, -0.2) is 14.4 Å². The lowest BCUT2D eigenvalue weighted by atomic mass is 10.2. The molecule has 0 saturated carbocycles. The van der Waals surface area contributed by atoms with Crippen LogP contribution in [0, 0.1) is 12.7 Å². The molecule has 160 valence electrons. The van der Waals surface area contributed by atoms with E-state index in [1.54, 1.807) is 17.2 Å². The smallest absolute Gasteiger partial charge is 0.242 e. The Hall–Kier alpha value is -3.66. The van der Waals surface area contributed by atoms with Crippen LogP contribution in [0.15, 0.2) is 43.0 Å². The number of carbonyl (C=O) groups is 2. The molecule has 3 aromatic heterocycles. The lowest BCUT2D eigenvalue weighted by Crippen LogP contribution is -2.49. The number of piperazine rings is 1. The third-order valence-corrected chi connectivity index (χ3v) is 4.89. The van der Waals surface area contributed by atoms with Gasteiger partial charge in [0.1, 0.15) is 6.33 Å². The molecule has 31 heavy (non-hydrogen) atoms. The van der Waals surface area contributed by atoms with Crippen molar-refractivity contribution in [2.45, 2.75) is 13.3 Å². The molecule has 0 atom stereocenters. The Kier molecular flexibility index (Phi) is 5.72. The largest absolute Gasteiger partial charge is 0.324 e. The second kappa shape index (κ2) is 8.60. The van der Waals surface area contributed by atoms with Crippen molar-refractivity contribution in [3.8, 4) is 5.82 Å². The van der Waals surface area contributed by atoms with Crippen molar-refractivity contribution in [2.24, 2.45) is 0 Å². The third kappa shape index (κ3) is 4.75. The van der Waals surface area contributed by atoms with Crippen LogP contribution < -0.4 is 10.2 Å². The van der Waals surface area contributed by atoms with E-state index in [9.17, 15) is 14.0 Å². The van der Waals surface area contributed by atoms with Crippen LogP contribution in [0.2, 0.25) is 0 Å². The van der Waals surface area contributed by atoms with Crippen LogP contribution in [-0.4, -0.2) is 62.9 Å². The first-order valence-corrected chi connectivity index (χ1v) is 9.80. The molecule has 3 aromatic rings. The van der Waals surface area contributed by atoms with E-state index < -0.39 is 5.82 Å². The summed E-state index contributed by atoms with van der Waals surface area (Å²) >= 11 is 0. The average Bonchev–Trinajstić information content (AvgIpc) is 3.17. The van der Waals surface area contributed by atoms with Crippen LogP contribution in [0.25, 0.3) is 5.82 Å². The first-order valence-electron chi connectivity index (χ1n) is 9.80. The minimum atomic E-state index is -0.625. The minimum absolute atomic E-state index is 0.0266. The van der Waals surface area contributed by atoms with Gasteiger partial charge in [0.15, 0.2) is 17.5 Å². The minimum Gasteiger partial charge on any atom is -0.324 e. The van der Waals surface area contributed by atoms with Gasteiger partial charge in [-0.2, -0.15) is 0 Å². The summed E-state index contributed by atoms with van der Waals surface area (Å²) < 4.78 is 16.1. The van der Waals surface area contributed by atoms with Gasteiger partial charge in [0.05, 0.1) is 31.0 Å². The maximum absolute atomic E-state index is 14.7. The van der Waals surface area contributed by atoms with E-state index in [1.165, 1.54) is 23.2 Å². The summed E-state index contributed by atoms with van der Waals surface area (Å²) in [5.74, 6) is -0.528. The normalized spacial score (nSPS) is 14.7. The summed E-state index contributed by atoms with van der Waals surface area (Å²) in [5, 5.41) is 2.63. The number of hydrogen-bond acceptors (Lipinski definition) is 6. The maximum Gasteiger partial charge on any atom is 0.242 e. The Bertz CT molecular complexity index is 1130. The highest BCUT2D eigenvalue weighted by Gasteiger charge is 2.24. The van der Waals surface area contributed by atoms with E-state index >= 15 is 0 Å². The van der Waals surface area contributed by atoms with Crippen LogP contribution in [0.4, 0.5) is 15.9 Å². The lowest BCUT2D eigenvalue weighted by Gasteiger charge is -2.30. The number of likely N-dealkylation sites (N-methyl/N-ethyl adjacent to an activating group) is 1. The molecule has 10 heteroatoms. The topological polar surface area (TPSA) is 96.3 Å². The first kappa shape index (κ1) is 20.6. The zero-order chi connectivity index (χ0) is 22.0.